The normalized spacial score (nSPS) is 10.8. The lowest BCUT2D eigenvalue weighted by Gasteiger charge is -2.07. The Bertz CT molecular complexity index is 734. The average molecular weight is 268 g/mol. The van der Waals surface area contributed by atoms with Crippen molar-refractivity contribution in [1.29, 1.82) is 0 Å². The Labute approximate surface area is 117 Å². The minimum absolute atomic E-state index is 0.773. The maximum Gasteiger partial charge on any atom is 0.0708 e. The van der Waals surface area contributed by atoms with Gasteiger partial charge in [-0.25, -0.2) is 0 Å². The maximum atomic E-state index is 6.02. The molecule has 0 saturated heterocycles. The number of halogens is 1. The zero-order chi connectivity index (χ0) is 13.2. The van der Waals surface area contributed by atoms with E-state index < -0.39 is 0 Å². The van der Waals surface area contributed by atoms with Gasteiger partial charge < -0.3 is 0 Å². The summed E-state index contributed by atoms with van der Waals surface area (Å²) < 4.78 is 0. The van der Waals surface area contributed by atoms with Crippen LogP contribution in [0.2, 0.25) is 5.02 Å². The number of aryl methyl sites for hydroxylation is 1. The predicted octanol–water partition coefficient (Wildman–Crippen LogP) is 4.79. The summed E-state index contributed by atoms with van der Waals surface area (Å²) in [6.45, 7) is 2.13. The van der Waals surface area contributed by atoms with Crippen molar-refractivity contribution in [2.75, 3.05) is 0 Å². The number of hydrogen-bond donors (Lipinski definition) is 0. The van der Waals surface area contributed by atoms with E-state index in [-0.39, 0.29) is 0 Å². The van der Waals surface area contributed by atoms with Gasteiger partial charge in [-0.2, -0.15) is 0 Å². The third-order valence-corrected chi connectivity index (χ3v) is 3.49. The summed E-state index contributed by atoms with van der Waals surface area (Å²) in [5, 5.41) is 1.99. The molecule has 0 N–H and O–H groups in total. The quantitative estimate of drug-likeness (QED) is 0.651. The molecule has 0 radical (unpaired) electrons. The van der Waals surface area contributed by atoms with Crippen LogP contribution in [-0.4, -0.2) is 4.98 Å². The number of pyridine rings is 1. The summed E-state index contributed by atoms with van der Waals surface area (Å²) in [5.41, 5.74) is 4.59. The first kappa shape index (κ1) is 12.2. The van der Waals surface area contributed by atoms with Gasteiger partial charge >= 0.3 is 0 Å². The van der Waals surface area contributed by atoms with Gasteiger partial charge in [-0.15, -0.1) is 0 Å². The van der Waals surface area contributed by atoms with Crippen molar-refractivity contribution in [1.82, 2.24) is 4.98 Å². The van der Waals surface area contributed by atoms with E-state index in [4.69, 9.17) is 16.6 Å². The SMILES string of the molecule is Cc1cc(Cc2cccc(Cl)c2)nc2ccccc12. The number of para-hydroxylation sites is 1. The highest BCUT2D eigenvalue weighted by Gasteiger charge is 2.03. The third-order valence-electron chi connectivity index (χ3n) is 3.25. The van der Waals surface area contributed by atoms with Gasteiger partial charge in [0.1, 0.15) is 0 Å². The zero-order valence-corrected chi connectivity index (χ0v) is 11.5. The van der Waals surface area contributed by atoms with Crippen LogP contribution in [0.4, 0.5) is 0 Å². The monoisotopic (exact) mass is 267 g/mol. The standard InChI is InChI=1S/C17H14ClN/c1-12-9-15(11-13-5-4-6-14(18)10-13)19-17-8-3-2-7-16(12)17/h2-10H,11H2,1H3. The van der Waals surface area contributed by atoms with Gasteiger partial charge in [-0.3, -0.25) is 4.98 Å². The summed E-state index contributed by atoms with van der Waals surface area (Å²) in [4.78, 5) is 4.72. The number of rotatable bonds is 2. The fraction of sp³-hybridized carbons (Fsp3) is 0.118. The van der Waals surface area contributed by atoms with E-state index in [1.54, 1.807) is 0 Å². The molecule has 3 rings (SSSR count). The third kappa shape index (κ3) is 2.61. The van der Waals surface area contributed by atoms with Crippen molar-refractivity contribution in [3.8, 4) is 0 Å². The highest BCUT2D eigenvalue weighted by atomic mass is 35.5. The van der Waals surface area contributed by atoms with E-state index in [0.29, 0.717) is 0 Å². The van der Waals surface area contributed by atoms with Crippen molar-refractivity contribution >= 4 is 22.5 Å². The lowest BCUT2D eigenvalue weighted by Crippen LogP contribution is -1.94. The van der Waals surface area contributed by atoms with Crippen LogP contribution in [-0.2, 0) is 6.42 Å². The predicted molar refractivity (Wildman–Crippen MR) is 80.7 cm³/mol. The zero-order valence-electron chi connectivity index (χ0n) is 10.7. The fourth-order valence-corrected chi connectivity index (χ4v) is 2.58. The van der Waals surface area contributed by atoms with E-state index in [0.717, 1.165) is 22.7 Å². The second kappa shape index (κ2) is 5.02. The van der Waals surface area contributed by atoms with Crippen molar-refractivity contribution < 1.29 is 0 Å². The van der Waals surface area contributed by atoms with Crippen LogP contribution in [0.3, 0.4) is 0 Å². The van der Waals surface area contributed by atoms with E-state index in [1.807, 2.05) is 30.3 Å². The van der Waals surface area contributed by atoms with Crippen LogP contribution in [0.1, 0.15) is 16.8 Å². The van der Waals surface area contributed by atoms with Gasteiger partial charge in [0.05, 0.1) is 5.52 Å². The molecule has 0 saturated carbocycles. The van der Waals surface area contributed by atoms with E-state index in [2.05, 4.69) is 31.2 Å². The van der Waals surface area contributed by atoms with E-state index in [9.17, 15) is 0 Å². The first-order valence-electron chi connectivity index (χ1n) is 6.32. The van der Waals surface area contributed by atoms with Crippen molar-refractivity contribution in [2.45, 2.75) is 13.3 Å². The molecule has 19 heavy (non-hydrogen) atoms. The second-order valence-electron chi connectivity index (χ2n) is 4.75. The number of aromatic nitrogens is 1. The van der Waals surface area contributed by atoms with Gasteiger partial charge in [0, 0.05) is 22.5 Å². The molecule has 0 aliphatic carbocycles. The van der Waals surface area contributed by atoms with Crippen LogP contribution in [0.5, 0.6) is 0 Å². The first-order valence-corrected chi connectivity index (χ1v) is 6.70. The molecule has 1 heterocycles. The average Bonchev–Trinajstić information content (AvgIpc) is 2.39. The molecule has 0 fully saturated rings. The molecular formula is C17H14ClN. The van der Waals surface area contributed by atoms with Gasteiger partial charge in [0.25, 0.3) is 0 Å². The van der Waals surface area contributed by atoms with Gasteiger partial charge in [-0.1, -0.05) is 41.9 Å². The number of nitrogens with zero attached hydrogens (tertiary/aromatic N) is 1. The van der Waals surface area contributed by atoms with Crippen molar-refractivity contribution in [3.63, 3.8) is 0 Å². The Hall–Kier alpha value is -1.86. The largest absolute Gasteiger partial charge is 0.252 e. The minimum Gasteiger partial charge on any atom is -0.252 e. The van der Waals surface area contributed by atoms with Crippen molar-refractivity contribution in [2.24, 2.45) is 0 Å². The molecule has 2 aromatic carbocycles. The van der Waals surface area contributed by atoms with Gasteiger partial charge in [0.15, 0.2) is 0 Å². The molecule has 0 aliphatic heterocycles. The highest BCUT2D eigenvalue weighted by Crippen LogP contribution is 2.20. The van der Waals surface area contributed by atoms with Crippen LogP contribution in [0.15, 0.2) is 54.6 Å². The molecular weight excluding hydrogens is 254 g/mol. The lowest BCUT2D eigenvalue weighted by molar-refractivity contribution is 1.09. The molecule has 0 spiro atoms. The van der Waals surface area contributed by atoms with E-state index in [1.165, 1.54) is 16.5 Å². The van der Waals surface area contributed by atoms with Crippen LogP contribution in [0.25, 0.3) is 10.9 Å². The summed E-state index contributed by atoms with van der Waals surface area (Å²) in [5.74, 6) is 0. The molecule has 1 nitrogen and oxygen atoms in total. The first-order chi connectivity index (χ1) is 9.22. The minimum atomic E-state index is 0.773. The second-order valence-corrected chi connectivity index (χ2v) is 5.19. The number of fused-ring (bicyclic) bond motifs is 1. The smallest absolute Gasteiger partial charge is 0.0708 e. The molecule has 3 aromatic rings. The van der Waals surface area contributed by atoms with Crippen LogP contribution in [0, 0.1) is 6.92 Å². The summed E-state index contributed by atoms with van der Waals surface area (Å²) in [6, 6.07) is 18.3. The Morgan fingerprint density at radius 3 is 2.68 bits per heavy atom. The molecule has 0 amide bonds. The molecule has 94 valence electrons. The van der Waals surface area contributed by atoms with Crippen molar-refractivity contribution in [3.05, 3.63) is 76.4 Å². The van der Waals surface area contributed by atoms with Crippen LogP contribution >= 0.6 is 11.6 Å². The Balaban J connectivity index is 2.02. The van der Waals surface area contributed by atoms with Gasteiger partial charge in [0.2, 0.25) is 0 Å². The lowest BCUT2D eigenvalue weighted by atomic mass is 10.0. The Kier molecular flexibility index (Phi) is 3.22. The maximum absolute atomic E-state index is 6.02. The highest BCUT2D eigenvalue weighted by molar-refractivity contribution is 6.30. The molecule has 1 aromatic heterocycles. The number of hydrogen-bond acceptors (Lipinski definition) is 1. The topological polar surface area (TPSA) is 12.9 Å². The van der Waals surface area contributed by atoms with Gasteiger partial charge in [-0.05, 0) is 42.3 Å². The molecule has 0 bridgehead atoms. The molecule has 0 atom stereocenters. The Morgan fingerprint density at radius 2 is 1.84 bits per heavy atom. The molecule has 0 unspecified atom stereocenters. The fourth-order valence-electron chi connectivity index (χ4n) is 2.37. The molecule has 0 aliphatic rings. The van der Waals surface area contributed by atoms with E-state index >= 15 is 0 Å². The summed E-state index contributed by atoms with van der Waals surface area (Å²) in [7, 11) is 0. The molecule has 2 heteroatoms. The van der Waals surface area contributed by atoms with Crippen LogP contribution < -0.4 is 0 Å². The Morgan fingerprint density at radius 1 is 1.00 bits per heavy atom. The summed E-state index contributed by atoms with van der Waals surface area (Å²) >= 11 is 6.02. The summed E-state index contributed by atoms with van der Waals surface area (Å²) in [6.07, 6.45) is 0.812. The number of benzene rings is 2.